The average Bonchev–Trinajstić information content (AvgIpc) is 3.20. The van der Waals surface area contributed by atoms with Gasteiger partial charge >= 0.3 is 0 Å². The van der Waals surface area contributed by atoms with E-state index in [0.717, 1.165) is 11.3 Å². The van der Waals surface area contributed by atoms with Gasteiger partial charge in [0, 0.05) is 27.0 Å². The van der Waals surface area contributed by atoms with Crippen molar-refractivity contribution in [3.05, 3.63) is 88.2 Å². The van der Waals surface area contributed by atoms with E-state index in [-0.39, 0.29) is 17.5 Å². The topological polar surface area (TPSA) is 59.8 Å². The number of thioether (sulfide) groups is 1. The first-order valence-corrected chi connectivity index (χ1v) is 11.3. The Hall–Kier alpha value is -2.87. The highest BCUT2D eigenvalue weighted by molar-refractivity contribution is 7.99. The summed E-state index contributed by atoms with van der Waals surface area (Å²) in [6.07, 6.45) is 0. The van der Waals surface area contributed by atoms with Gasteiger partial charge in [-0.2, -0.15) is 0 Å². The molecule has 3 aromatic carbocycles. The molecule has 1 amide bonds. The van der Waals surface area contributed by atoms with Crippen LogP contribution in [0.2, 0.25) is 10.0 Å². The quantitative estimate of drug-likeness (QED) is 0.319. The van der Waals surface area contributed by atoms with E-state index in [4.69, 9.17) is 23.2 Å². The number of carbonyl (C=O) groups excluding carboxylic acids is 1. The number of aromatic nitrogens is 3. The molecule has 1 N–H and O–H groups in total. The predicted octanol–water partition coefficient (Wildman–Crippen LogP) is 6.42. The van der Waals surface area contributed by atoms with Crippen LogP contribution in [0.5, 0.6) is 0 Å². The van der Waals surface area contributed by atoms with Crippen LogP contribution >= 0.6 is 35.0 Å². The third kappa shape index (κ3) is 5.12. The largest absolute Gasteiger partial charge is 0.325 e. The van der Waals surface area contributed by atoms with E-state index in [2.05, 4.69) is 15.5 Å². The van der Waals surface area contributed by atoms with Crippen LogP contribution in [-0.2, 0) is 4.79 Å². The smallest absolute Gasteiger partial charge is 0.234 e. The maximum absolute atomic E-state index is 13.7. The Morgan fingerprint density at radius 1 is 1.00 bits per heavy atom. The van der Waals surface area contributed by atoms with Crippen LogP contribution in [-0.4, -0.2) is 26.4 Å². The minimum absolute atomic E-state index is 0.0713. The van der Waals surface area contributed by atoms with E-state index in [9.17, 15) is 9.18 Å². The monoisotopic (exact) mass is 486 g/mol. The van der Waals surface area contributed by atoms with Crippen molar-refractivity contribution in [1.29, 1.82) is 0 Å². The number of benzene rings is 3. The molecule has 0 aliphatic carbocycles. The van der Waals surface area contributed by atoms with Gasteiger partial charge in [-0.1, -0.05) is 41.0 Å². The predicted molar refractivity (Wildman–Crippen MR) is 127 cm³/mol. The van der Waals surface area contributed by atoms with Crippen LogP contribution < -0.4 is 5.32 Å². The lowest BCUT2D eigenvalue weighted by Crippen LogP contribution is -2.14. The van der Waals surface area contributed by atoms with E-state index < -0.39 is 0 Å². The third-order valence-electron chi connectivity index (χ3n) is 4.61. The number of halogens is 3. The molecule has 9 heteroatoms. The highest BCUT2D eigenvalue weighted by Crippen LogP contribution is 2.29. The van der Waals surface area contributed by atoms with Gasteiger partial charge in [0.25, 0.3) is 0 Å². The minimum Gasteiger partial charge on any atom is -0.325 e. The first-order valence-electron chi connectivity index (χ1n) is 9.57. The van der Waals surface area contributed by atoms with Crippen LogP contribution in [0.3, 0.4) is 0 Å². The number of anilines is 1. The number of amides is 1. The number of nitrogens with zero attached hydrogens (tertiary/aromatic N) is 3. The van der Waals surface area contributed by atoms with E-state index in [0.29, 0.717) is 32.3 Å². The molecule has 4 aromatic rings. The summed E-state index contributed by atoms with van der Waals surface area (Å²) in [5, 5.41) is 13.1. The van der Waals surface area contributed by atoms with Crippen molar-refractivity contribution in [1.82, 2.24) is 14.8 Å². The summed E-state index contributed by atoms with van der Waals surface area (Å²) in [5.74, 6) is 0.0250. The van der Waals surface area contributed by atoms with Crippen molar-refractivity contribution in [2.45, 2.75) is 12.1 Å². The summed E-state index contributed by atoms with van der Waals surface area (Å²) in [4.78, 5) is 12.4. The Bertz CT molecular complexity index is 1260. The van der Waals surface area contributed by atoms with Gasteiger partial charge in [0.05, 0.1) is 5.75 Å². The van der Waals surface area contributed by atoms with Crippen LogP contribution in [0.4, 0.5) is 10.1 Å². The first kappa shape index (κ1) is 22.3. The van der Waals surface area contributed by atoms with Gasteiger partial charge in [-0.3, -0.25) is 9.36 Å². The molecule has 0 saturated heterocycles. The van der Waals surface area contributed by atoms with Gasteiger partial charge in [0.15, 0.2) is 11.0 Å². The highest BCUT2D eigenvalue weighted by Gasteiger charge is 2.17. The van der Waals surface area contributed by atoms with Crippen molar-refractivity contribution in [3.63, 3.8) is 0 Å². The molecule has 162 valence electrons. The van der Waals surface area contributed by atoms with E-state index >= 15 is 0 Å². The van der Waals surface area contributed by atoms with Gasteiger partial charge in [0.1, 0.15) is 5.82 Å². The zero-order valence-electron chi connectivity index (χ0n) is 16.8. The standard InChI is InChI=1S/C23H17Cl2FN4OS/c1-14-2-9-18(12-20(14)26)27-21(31)13-32-23-29-28-22(15-3-5-16(24)6-4-15)30(23)19-10-7-17(25)8-11-19/h2-12H,13H2,1H3,(H,27,31). The Labute approximate surface area is 198 Å². The van der Waals surface area contributed by atoms with Crippen LogP contribution in [0.25, 0.3) is 17.1 Å². The molecular formula is C23H17Cl2FN4OS. The molecule has 5 nitrogen and oxygen atoms in total. The Kier molecular flexibility index (Phi) is 6.79. The van der Waals surface area contributed by atoms with Crippen molar-refractivity contribution in [2.24, 2.45) is 0 Å². The maximum atomic E-state index is 13.7. The summed E-state index contributed by atoms with van der Waals surface area (Å²) in [5.41, 5.74) is 2.54. The Balaban J connectivity index is 1.59. The number of carbonyl (C=O) groups is 1. The molecule has 0 fully saturated rings. The molecule has 1 heterocycles. The molecule has 0 unspecified atom stereocenters. The molecule has 0 saturated carbocycles. The van der Waals surface area contributed by atoms with Crippen molar-refractivity contribution < 1.29 is 9.18 Å². The summed E-state index contributed by atoms with van der Waals surface area (Å²) in [6.45, 7) is 1.67. The third-order valence-corrected chi connectivity index (χ3v) is 6.04. The lowest BCUT2D eigenvalue weighted by Gasteiger charge is -2.11. The second kappa shape index (κ2) is 9.73. The van der Waals surface area contributed by atoms with E-state index in [1.54, 1.807) is 43.3 Å². The van der Waals surface area contributed by atoms with Crippen molar-refractivity contribution >= 4 is 46.6 Å². The molecule has 1 aromatic heterocycles. The molecule has 32 heavy (non-hydrogen) atoms. The number of nitrogens with one attached hydrogen (secondary N) is 1. The average molecular weight is 487 g/mol. The zero-order chi connectivity index (χ0) is 22.7. The molecule has 0 atom stereocenters. The second-order valence-corrected chi connectivity index (χ2v) is 8.74. The summed E-state index contributed by atoms with van der Waals surface area (Å²) < 4.78 is 15.6. The molecular weight excluding hydrogens is 470 g/mol. The zero-order valence-corrected chi connectivity index (χ0v) is 19.2. The van der Waals surface area contributed by atoms with Crippen LogP contribution in [0.15, 0.2) is 71.9 Å². The molecule has 4 rings (SSSR count). The number of hydrogen-bond acceptors (Lipinski definition) is 4. The SMILES string of the molecule is Cc1ccc(NC(=O)CSc2nnc(-c3ccc(Cl)cc3)n2-c2ccc(Cl)cc2)cc1F. The fraction of sp³-hybridized carbons (Fsp3) is 0.0870. The minimum atomic E-state index is -0.370. The summed E-state index contributed by atoms with van der Waals surface area (Å²) >= 11 is 13.3. The van der Waals surface area contributed by atoms with Gasteiger partial charge < -0.3 is 5.32 Å². The number of rotatable bonds is 6. The van der Waals surface area contributed by atoms with Crippen LogP contribution in [0, 0.1) is 12.7 Å². The molecule has 0 aliphatic rings. The fourth-order valence-electron chi connectivity index (χ4n) is 2.97. The van der Waals surface area contributed by atoms with Gasteiger partial charge in [-0.15, -0.1) is 10.2 Å². The fourth-order valence-corrected chi connectivity index (χ4v) is 3.97. The summed E-state index contributed by atoms with van der Waals surface area (Å²) in [6, 6.07) is 19.1. The van der Waals surface area contributed by atoms with Crippen molar-refractivity contribution in [2.75, 3.05) is 11.1 Å². The summed E-state index contributed by atoms with van der Waals surface area (Å²) in [7, 11) is 0. The lowest BCUT2D eigenvalue weighted by molar-refractivity contribution is -0.113. The second-order valence-electron chi connectivity index (χ2n) is 6.93. The van der Waals surface area contributed by atoms with E-state index in [1.807, 2.05) is 28.8 Å². The Morgan fingerprint density at radius 2 is 1.66 bits per heavy atom. The highest BCUT2D eigenvalue weighted by atomic mass is 35.5. The lowest BCUT2D eigenvalue weighted by atomic mass is 10.2. The normalized spacial score (nSPS) is 10.9. The van der Waals surface area contributed by atoms with Gasteiger partial charge in [0.2, 0.25) is 5.91 Å². The number of hydrogen-bond donors (Lipinski definition) is 1. The van der Waals surface area contributed by atoms with E-state index in [1.165, 1.54) is 17.8 Å². The molecule has 0 bridgehead atoms. The van der Waals surface area contributed by atoms with Crippen LogP contribution in [0.1, 0.15) is 5.56 Å². The van der Waals surface area contributed by atoms with Gasteiger partial charge in [-0.25, -0.2) is 4.39 Å². The molecule has 0 aliphatic heterocycles. The maximum Gasteiger partial charge on any atom is 0.234 e. The molecule has 0 spiro atoms. The number of aryl methyl sites for hydroxylation is 1. The Morgan fingerprint density at radius 3 is 2.31 bits per heavy atom. The van der Waals surface area contributed by atoms with Gasteiger partial charge in [-0.05, 0) is 73.2 Å². The first-order chi connectivity index (χ1) is 15.4. The van der Waals surface area contributed by atoms with Crippen molar-refractivity contribution in [3.8, 4) is 17.1 Å². The molecule has 0 radical (unpaired) electrons.